The fourth-order valence-electron chi connectivity index (χ4n) is 6.07. The summed E-state index contributed by atoms with van der Waals surface area (Å²) in [5.41, 5.74) is 0. The molecule has 2 unspecified atom stereocenters. The number of phosphoric acid groups is 1. The fraction of sp³-hybridized carbons (Fsp3) is 0.783. The Morgan fingerprint density at radius 2 is 0.873 bits per heavy atom. The minimum atomic E-state index is -4.27. The van der Waals surface area contributed by atoms with Crippen molar-refractivity contribution in [1.82, 2.24) is 0 Å². The molecule has 320 valence electrons. The summed E-state index contributed by atoms with van der Waals surface area (Å²) in [5.74, 6) is -0.822. The van der Waals surface area contributed by atoms with Crippen molar-refractivity contribution in [1.29, 1.82) is 0 Å². The molecule has 0 saturated heterocycles. The molecule has 0 fully saturated rings. The molecule has 0 spiro atoms. The quantitative estimate of drug-likeness (QED) is 0.0282. The summed E-state index contributed by atoms with van der Waals surface area (Å²) in [7, 11) is -3.21. The van der Waals surface area contributed by atoms with Crippen LogP contribution in [-0.2, 0) is 32.7 Å². The van der Waals surface area contributed by atoms with Crippen LogP contribution in [0.5, 0.6) is 0 Å². The zero-order valence-corrected chi connectivity index (χ0v) is 36.5. The third kappa shape index (κ3) is 41.5. The Morgan fingerprint density at radius 3 is 1.35 bits per heavy atom. The average molecular weight is 795 g/mol. The Bertz CT molecular complexity index is 1040. The van der Waals surface area contributed by atoms with E-state index in [0.29, 0.717) is 6.42 Å². The molecule has 0 amide bonds. The van der Waals surface area contributed by atoms with E-state index in [4.69, 9.17) is 14.0 Å². The molecule has 0 aromatic carbocycles. The number of hydrogen-bond acceptors (Lipinski definition) is 7. The highest BCUT2D eigenvalue weighted by atomic mass is 31.2. The van der Waals surface area contributed by atoms with Gasteiger partial charge in [-0.3, -0.25) is 18.6 Å². The van der Waals surface area contributed by atoms with Crippen LogP contribution in [0.2, 0.25) is 0 Å². The number of phosphoric ester groups is 1. The van der Waals surface area contributed by atoms with Crippen molar-refractivity contribution in [3.05, 3.63) is 48.6 Å². The summed E-state index contributed by atoms with van der Waals surface area (Å²) in [6.07, 6.45) is 50.1. The van der Waals surface area contributed by atoms with E-state index in [1.54, 1.807) is 0 Å². The minimum absolute atomic E-state index is 0.229. The molecule has 0 saturated carbocycles. The number of allylic oxidation sites excluding steroid dienone is 8. The van der Waals surface area contributed by atoms with Gasteiger partial charge in [0.05, 0.1) is 6.61 Å². The highest BCUT2D eigenvalue weighted by Gasteiger charge is 2.24. The molecular weight excluding hydrogens is 711 g/mol. The van der Waals surface area contributed by atoms with Crippen molar-refractivity contribution in [3.8, 4) is 0 Å². The topological polar surface area (TPSA) is 108 Å². The lowest BCUT2D eigenvalue weighted by atomic mass is 10.1. The van der Waals surface area contributed by atoms with Gasteiger partial charge in [-0.2, -0.15) is 0 Å². The van der Waals surface area contributed by atoms with Crippen LogP contribution in [0.1, 0.15) is 206 Å². The van der Waals surface area contributed by atoms with E-state index >= 15 is 0 Å². The van der Waals surface area contributed by atoms with Crippen molar-refractivity contribution in [2.24, 2.45) is 0 Å². The molecule has 1 N–H and O–H groups in total. The maximum Gasteiger partial charge on any atom is 0.472 e. The van der Waals surface area contributed by atoms with Crippen LogP contribution < -0.4 is 0 Å². The number of esters is 2. The number of unbranched alkanes of at least 4 members (excludes halogenated alkanes) is 22. The highest BCUT2D eigenvalue weighted by Crippen LogP contribution is 2.42. The maximum absolute atomic E-state index is 12.5. The summed E-state index contributed by atoms with van der Waals surface area (Å²) < 4.78 is 32.0. The molecular formula is C46H83O8P. The lowest BCUT2D eigenvalue weighted by Crippen LogP contribution is -2.29. The molecule has 0 bridgehead atoms. The number of ether oxygens (including phenoxy) is 2. The first kappa shape index (κ1) is 53.0. The van der Waals surface area contributed by atoms with Crippen LogP contribution in [0.3, 0.4) is 0 Å². The lowest BCUT2D eigenvalue weighted by molar-refractivity contribution is -0.161. The second-order valence-corrected chi connectivity index (χ2v) is 16.4. The third-order valence-electron chi connectivity index (χ3n) is 9.55. The zero-order valence-electron chi connectivity index (χ0n) is 35.6. The first-order chi connectivity index (χ1) is 26.8. The lowest BCUT2D eigenvalue weighted by Gasteiger charge is -2.19. The van der Waals surface area contributed by atoms with Gasteiger partial charge in [-0.15, -0.1) is 0 Å². The summed E-state index contributed by atoms with van der Waals surface area (Å²) in [5, 5.41) is 0. The van der Waals surface area contributed by atoms with Crippen LogP contribution >= 0.6 is 7.82 Å². The molecule has 0 rings (SSSR count). The molecule has 0 aliphatic heterocycles. The SMILES string of the molecule is CCCCC/C=C\C/C=C\C/C=C\CCCCCCCCC(=O)OC(COC(=O)CCCCCCCCC/C=C\CCCCCCCC)COP(=O)(O)OC. The molecule has 0 aliphatic rings. The van der Waals surface area contributed by atoms with Crippen molar-refractivity contribution in [3.63, 3.8) is 0 Å². The number of hydrogen-bond donors (Lipinski definition) is 1. The Morgan fingerprint density at radius 1 is 0.509 bits per heavy atom. The van der Waals surface area contributed by atoms with Gasteiger partial charge in [0.15, 0.2) is 6.10 Å². The third-order valence-corrected chi connectivity index (χ3v) is 10.5. The van der Waals surface area contributed by atoms with E-state index in [2.05, 4.69) is 67.0 Å². The van der Waals surface area contributed by atoms with E-state index in [1.807, 2.05) is 0 Å². The molecule has 0 radical (unpaired) electrons. The van der Waals surface area contributed by atoms with Crippen molar-refractivity contribution in [2.75, 3.05) is 20.3 Å². The van der Waals surface area contributed by atoms with Gasteiger partial charge < -0.3 is 14.4 Å². The van der Waals surface area contributed by atoms with E-state index in [1.165, 1.54) is 103 Å². The van der Waals surface area contributed by atoms with Gasteiger partial charge in [0.1, 0.15) is 6.61 Å². The summed E-state index contributed by atoms with van der Waals surface area (Å²) in [6.45, 7) is 3.85. The van der Waals surface area contributed by atoms with Gasteiger partial charge in [0, 0.05) is 20.0 Å². The second-order valence-electron chi connectivity index (χ2n) is 14.8. The van der Waals surface area contributed by atoms with Crippen LogP contribution in [0.15, 0.2) is 48.6 Å². The minimum Gasteiger partial charge on any atom is -0.462 e. The molecule has 8 nitrogen and oxygen atoms in total. The van der Waals surface area contributed by atoms with Crippen molar-refractivity contribution in [2.45, 2.75) is 213 Å². The number of carbonyl (C=O) groups is 2. The molecule has 0 aliphatic carbocycles. The summed E-state index contributed by atoms with van der Waals surface area (Å²) in [6, 6.07) is 0. The van der Waals surface area contributed by atoms with Gasteiger partial charge in [0.25, 0.3) is 0 Å². The van der Waals surface area contributed by atoms with Crippen molar-refractivity contribution >= 4 is 19.8 Å². The maximum atomic E-state index is 12.5. The van der Waals surface area contributed by atoms with Crippen LogP contribution in [0.4, 0.5) is 0 Å². The molecule has 0 aromatic heterocycles. The first-order valence-corrected chi connectivity index (χ1v) is 23.8. The van der Waals surface area contributed by atoms with E-state index in [0.717, 1.165) is 77.7 Å². The van der Waals surface area contributed by atoms with Gasteiger partial charge >= 0.3 is 19.8 Å². The summed E-state index contributed by atoms with van der Waals surface area (Å²) >= 11 is 0. The fourth-order valence-corrected chi connectivity index (χ4v) is 6.53. The predicted molar refractivity (Wildman–Crippen MR) is 230 cm³/mol. The number of rotatable bonds is 41. The van der Waals surface area contributed by atoms with E-state index in [9.17, 15) is 19.0 Å². The normalized spacial score (nSPS) is 13.7. The smallest absolute Gasteiger partial charge is 0.462 e. The summed E-state index contributed by atoms with van der Waals surface area (Å²) in [4.78, 5) is 34.5. The first-order valence-electron chi connectivity index (χ1n) is 22.3. The van der Waals surface area contributed by atoms with Gasteiger partial charge in [-0.25, -0.2) is 4.57 Å². The molecule has 0 aromatic rings. The standard InChI is InChI=1S/C46H83O8P/c1-4-6-8-10-12-14-16-18-20-22-23-25-27-29-31-33-35-37-39-41-46(48)54-44(43-53-55(49,50)51-3)42-52-45(47)40-38-36-34-32-30-28-26-24-21-19-17-15-13-11-9-7-5-2/h12,14,18-21,23,25,44H,4-11,13,15-17,22,24,26-43H2,1-3H3,(H,49,50)/b14-12-,20-18-,21-19-,25-23-. The zero-order chi connectivity index (χ0) is 40.3. The molecule has 2 atom stereocenters. The molecule has 0 heterocycles. The van der Waals surface area contributed by atoms with Crippen LogP contribution in [-0.4, -0.2) is 43.3 Å². The highest BCUT2D eigenvalue weighted by molar-refractivity contribution is 7.47. The molecule has 9 heteroatoms. The predicted octanol–water partition coefficient (Wildman–Crippen LogP) is 14.2. The largest absolute Gasteiger partial charge is 0.472 e. The van der Waals surface area contributed by atoms with E-state index in [-0.39, 0.29) is 25.4 Å². The Labute approximate surface area is 338 Å². The van der Waals surface area contributed by atoms with Crippen LogP contribution in [0.25, 0.3) is 0 Å². The van der Waals surface area contributed by atoms with Gasteiger partial charge in [0.2, 0.25) is 0 Å². The van der Waals surface area contributed by atoms with Crippen molar-refractivity contribution < 1.29 is 37.6 Å². The van der Waals surface area contributed by atoms with Gasteiger partial charge in [-0.1, -0.05) is 165 Å². The van der Waals surface area contributed by atoms with Gasteiger partial charge in [-0.05, 0) is 77.0 Å². The number of carbonyl (C=O) groups excluding carboxylic acids is 2. The molecule has 55 heavy (non-hydrogen) atoms. The monoisotopic (exact) mass is 795 g/mol. The Hall–Kier alpha value is -1.99. The van der Waals surface area contributed by atoms with Crippen LogP contribution in [0, 0.1) is 0 Å². The Balaban J connectivity index is 4.02. The second kappa shape index (κ2) is 41.6. The van der Waals surface area contributed by atoms with E-state index < -0.39 is 26.5 Å². The average Bonchev–Trinajstić information content (AvgIpc) is 3.18. The Kier molecular flexibility index (Phi) is 40.1.